The fourth-order valence-corrected chi connectivity index (χ4v) is 4.82. The van der Waals surface area contributed by atoms with Gasteiger partial charge in [-0.2, -0.15) is 0 Å². The molecule has 0 aliphatic heterocycles. The summed E-state index contributed by atoms with van der Waals surface area (Å²) in [6.07, 6.45) is 1.37. The number of benzene rings is 3. The van der Waals surface area contributed by atoms with Gasteiger partial charge in [0.2, 0.25) is 9.84 Å². The van der Waals surface area contributed by atoms with Gasteiger partial charge in [-0.3, -0.25) is 4.98 Å². The van der Waals surface area contributed by atoms with E-state index in [2.05, 4.69) is 10.3 Å². The number of pyridine rings is 1. The van der Waals surface area contributed by atoms with E-state index in [9.17, 15) is 8.42 Å². The first-order valence-corrected chi connectivity index (χ1v) is 11.8. The average molecular weight is 469 g/mol. The molecular weight excluding hydrogens is 448 g/mol. The van der Waals surface area contributed by atoms with Crippen molar-refractivity contribution in [3.05, 3.63) is 77.9 Å². The van der Waals surface area contributed by atoms with Crippen LogP contribution in [0.4, 0.5) is 11.4 Å². The molecule has 1 aromatic heterocycles. The van der Waals surface area contributed by atoms with Crippen LogP contribution in [0.1, 0.15) is 6.92 Å². The van der Waals surface area contributed by atoms with Gasteiger partial charge >= 0.3 is 0 Å². The van der Waals surface area contributed by atoms with E-state index in [1.807, 2.05) is 31.2 Å². The first kappa shape index (κ1) is 21.9. The van der Waals surface area contributed by atoms with Crippen molar-refractivity contribution in [2.24, 2.45) is 0 Å². The zero-order valence-electron chi connectivity index (χ0n) is 17.5. The van der Waals surface area contributed by atoms with E-state index in [1.165, 1.54) is 18.3 Å². The summed E-state index contributed by atoms with van der Waals surface area (Å²) < 4.78 is 38.1. The number of sulfone groups is 1. The van der Waals surface area contributed by atoms with Gasteiger partial charge in [-0.15, -0.1) is 0 Å². The number of nitrogens with one attached hydrogen (secondary N) is 1. The summed E-state index contributed by atoms with van der Waals surface area (Å²) in [5.41, 5.74) is 1.71. The van der Waals surface area contributed by atoms with E-state index >= 15 is 0 Å². The van der Waals surface area contributed by atoms with Crippen LogP contribution in [0.5, 0.6) is 11.5 Å². The van der Waals surface area contributed by atoms with Crippen molar-refractivity contribution in [3.63, 3.8) is 0 Å². The number of ether oxygens (including phenoxy) is 2. The van der Waals surface area contributed by atoms with Crippen molar-refractivity contribution in [1.29, 1.82) is 0 Å². The number of nitrogens with zero attached hydrogens (tertiary/aromatic N) is 1. The molecule has 0 saturated carbocycles. The van der Waals surface area contributed by atoms with E-state index in [0.29, 0.717) is 45.4 Å². The second kappa shape index (κ2) is 9.06. The van der Waals surface area contributed by atoms with Gasteiger partial charge in [0.15, 0.2) is 0 Å². The van der Waals surface area contributed by atoms with Gasteiger partial charge in [-0.1, -0.05) is 17.7 Å². The monoisotopic (exact) mass is 468 g/mol. The standard InChI is InChI=1S/C24H21ClN2O4S/c1-3-31-19-9-12-22-21(14-19)24(27-17-5-4-6-18(13-17)30-2)23(15-26-22)32(28,29)20-10-7-16(25)8-11-20/h4-15H,3H2,1-2H3,(H,26,27). The summed E-state index contributed by atoms with van der Waals surface area (Å²) in [5, 5.41) is 4.34. The van der Waals surface area contributed by atoms with Crippen LogP contribution in [0.25, 0.3) is 10.9 Å². The van der Waals surface area contributed by atoms with Crippen LogP contribution in [0.3, 0.4) is 0 Å². The summed E-state index contributed by atoms with van der Waals surface area (Å²) >= 11 is 5.95. The molecule has 0 atom stereocenters. The summed E-state index contributed by atoms with van der Waals surface area (Å²) in [6.45, 7) is 2.37. The Morgan fingerprint density at radius 2 is 1.78 bits per heavy atom. The maximum Gasteiger partial charge on any atom is 0.210 e. The number of methoxy groups -OCH3 is 1. The van der Waals surface area contributed by atoms with Crippen molar-refractivity contribution in [2.75, 3.05) is 19.0 Å². The van der Waals surface area contributed by atoms with Crippen molar-refractivity contribution in [2.45, 2.75) is 16.7 Å². The van der Waals surface area contributed by atoms with Crippen molar-refractivity contribution < 1.29 is 17.9 Å². The molecule has 164 valence electrons. The number of fused-ring (bicyclic) bond motifs is 1. The molecule has 32 heavy (non-hydrogen) atoms. The molecule has 3 aromatic carbocycles. The fourth-order valence-electron chi connectivity index (χ4n) is 3.33. The zero-order chi connectivity index (χ0) is 22.7. The molecule has 4 rings (SSSR count). The lowest BCUT2D eigenvalue weighted by Crippen LogP contribution is -2.07. The molecular formula is C24H21ClN2O4S. The molecule has 0 aliphatic rings. The number of rotatable bonds is 7. The SMILES string of the molecule is CCOc1ccc2ncc(S(=O)(=O)c3ccc(Cl)cc3)c(Nc3cccc(OC)c3)c2c1. The Labute approximate surface area is 191 Å². The first-order valence-electron chi connectivity index (χ1n) is 9.89. The highest BCUT2D eigenvalue weighted by molar-refractivity contribution is 7.91. The second-order valence-electron chi connectivity index (χ2n) is 6.92. The molecule has 4 aromatic rings. The largest absolute Gasteiger partial charge is 0.497 e. The Bertz CT molecular complexity index is 1370. The second-order valence-corrected chi connectivity index (χ2v) is 9.28. The highest BCUT2D eigenvalue weighted by Gasteiger charge is 2.24. The van der Waals surface area contributed by atoms with Crippen molar-refractivity contribution in [3.8, 4) is 11.5 Å². The quantitative estimate of drug-likeness (QED) is 0.365. The highest BCUT2D eigenvalue weighted by atomic mass is 35.5. The molecule has 8 heteroatoms. The minimum atomic E-state index is -3.89. The normalized spacial score (nSPS) is 11.3. The topological polar surface area (TPSA) is 77.5 Å². The summed E-state index contributed by atoms with van der Waals surface area (Å²) in [5.74, 6) is 1.27. The van der Waals surface area contributed by atoms with Gasteiger partial charge in [0, 0.05) is 28.4 Å². The molecule has 0 unspecified atom stereocenters. The lowest BCUT2D eigenvalue weighted by Gasteiger charge is -2.16. The van der Waals surface area contributed by atoms with Gasteiger partial charge in [-0.05, 0) is 61.5 Å². The van der Waals surface area contributed by atoms with Crippen LogP contribution in [-0.4, -0.2) is 27.1 Å². The van der Waals surface area contributed by atoms with E-state index < -0.39 is 9.84 Å². The number of halogens is 1. The van der Waals surface area contributed by atoms with Crippen LogP contribution >= 0.6 is 11.6 Å². The molecule has 6 nitrogen and oxygen atoms in total. The van der Waals surface area contributed by atoms with Gasteiger partial charge in [0.25, 0.3) is 0 Å². The van der Waals surface area contributed by atoms with Crippen LogP contribution in [0, 0.1) is 0 Å². The first-order chi connectivity index (χ1) is 15.4. The van der Waals surface area contributed by atoms with E-state index in [-0.39, 0.29) is 9.79 Å². The third-order valence-electron chi connectivity index (χ3n) is 4.87. The Morgan fingerprint density at radius 3 is 2.50 bits per heavy atom. The Hall–Kier alpha value is -3.29. The number of hydrogen-bond donors (Lipinski definition) is 1. The average Bonchev–Trinajstić information content (AvgIpc) is 2.80. The van der Waals surface area contributed by atoms with E-state index in [4.69, 9.17) is 21.1 Å². The van der Waals surface area contributed by atoms with Gasteiger partial charge in [0.1, 0.15) is 16.4 Å². The van der Waals surface area contributed by atoms with Crippen molar-refractivity contribution in [1.82, 2.24) is 4.98 Å². The third-order valence-corrected chi connectivity index (χ3v) is 6.90. The van der Waals surface area contributed by atoms with Crippen LogP contribution in [-0.2, 0) is 9.84 Å². The van der Waals surface area contributed by atoms with Crippen LogP contribution in [0.2, 0.25) is 5.02 Å². The molecule has 1 N–H and O–H groups in total. The summed E-state index contributed by atoms with van der Waals surface area (Å²) in [7, 11) is -2.32. The van der Waals surface area contributed by atoms with Crippen molar-refractivity contribution >= 4 is 43.7 Å². The van der Waals surface area contributed by atoms with E-state index in [0.717, 1.165) is 0 Å². The lowest BCUT2D eigenvalue weighted by molar-refractivity contribution is 0.340. The Kier molecular flexibility index (Phi) is 6.21. The molecule has 0 aliphatic carbocycles. The minimum absolute atomic E-state index is 0.0452. The molecule has 0 spiro atoms. The zero-order valence-corrected chi connectivity index (χ0v) is 19.1. The molecule has 0 saturated heterocycles. The predicted octanol–water partition coefficient (Wildman–Crippen LogP) is 5.87. The minimum Gasteiger partial charge on any atom is -0.497 e. The maximum absolute atomic E-state index is 13.6. The Balaban J connectivity index is 1.95. The molecule has 1 heterocycles. The van der Waals surface area contributed by atoms with E-state index in [1.54, 1.807) is 37.4 Å². The third kappa shape index (κ3) is 4.35. The summed E-state index contributed by atoms with van der Waals surface area (Å²) in [6, 6.07) is 18.7. The molecule has 0 amide bonds. The highest BCUT2D eigenvalue weighted by Crippen LogP contribution is 2.37. The maximum atomic E-state index is 13.6. The molecule has 0 radical (unpaired) electrons. The number of hydrogen-bond acceptors (Lipinski definition) is 6. The number of aromatic nitrogens is 1. The Morgan fingerprint density at radius 1 is 1.00 bits per heavy atom. The van der Waals surface area contributed by atoms with Crippen LogP contribution < -0.4 is 14.8 Å². The lowest BCUT2D eigenvalue weighted by atomic mass is 10.1. The smallest absolute Gasteiger partial charge is 0.210 e. The van der Waals surface area contributed by atoms with Gasteiger partial charge in [-0.25, -0.2) is 8.42 Å². The van der Waals surface area contributed by atoms with Gasteiger partial charge < -0.3 is 14.8 Å². The van der Waals surface area contributed by atoms with Gasteiger partial charge in [0.05, 0.1) is 29.8 Å². The molecule has 0 fully saturated rings. The fraction of sp³-hybridized carbons (Fsp3) is 0.125. The van der Waals surface area contributed by atoms with Crippen LogP contribution in [0.15, 0.2) is 82.7 Å². The predicted molar refractivity (Wildman–Crippen MR) is 126 cm³/mol. The molecule has 0 bridgehead atoms. The number of anilines is 2. The summed E-state index contributed by atoms with van der Waals surface area (Å²) in [4.78, 5) is 4.57.